The smallest absolute Gasteiger partial charge is 0.325 e. The quantitative estimate of drug-likeness (QED) is 0.230. The monoisotopic (exact) mass is 200 g/mol. The minimum Gasteiger partial charge on any atom is -0.468 e. The van der Waals surface area contributed by atoms with Crippen molar-refractivity contribution in [2.24, 2.45) is 5.11 Å². The highest BCUT2D eigenvalue weighted by atomic mass is 16.5. The lowest BCUT2D eigenvalue weighted by molar-refractivity contribution is -0.148. The first-order valence-corrected chi connectivity index (χ1v) is 4.45. The Kier molecular flexibility index (Phi) is 5.67. The molecule has 1 atom stereocenters. The van der Waals surface area contributed by atoms with Crippen LogP contribution in [0.15, 0.2) is 5.11 Å². The average molecular weight is 200 g/mol. The summed E-state index contributed by atoms with van der Waals surface area (Å²) < 4.78 is 4.66. The molecule has 0 spiro atoms. The third kappa shape index (κ3) is 3.64. The van der Waals surface area contributed by atoms with Crippen LogP contribution in [0.3, 0.4) is 0 Å². The molecule has 0 aliphatic rings. The van der Waals surface area contributed by atoms with Gasteiger partial charge in [0.25, 0.3) is 0 Å². The third-order valence-corrected chi connectivity index (χ3v) is 2.13. The fourth-order valence-electron chi connectivity index (χ4n) is 0.993. The van der Waals surface area contributed by atoms with Gasteiger partial charge in [-0.2, -0.15) is 0 Å². The van der Waals surface area contributed by atoms with Crippen molar-refractivity contribution < 1.29 is 9.53 Å². The molecule has 0 amide bonds. The summed E-state index contributed by atoms with van der Waals surface area (Å²) in [6.45, 7) is 4.43. The molecule has 0 saturated heterocycles. The van der Waals surface area contributed by atoms with E-state index in [9.17, 15) is 4.79 Å². The minimum atomic E-state index is -0.695. The zero-order valence-corrected chi connectivity index (χ0v) is 8.78. The van der Waals surface area contributed by atoms with Gasteiger partial charge in [-0.1, -0.05) is 12.0 Å². The Bertz CT molecular complexity index is 237. The number of carbonyl (C=O) groups excluding carboxylic acids is 1. The van der Waals surface area contributed by atoms with Crippen LogP contribution in [0.4, 0.5) is 0 Å². The zero-order valence-electron chi connectivity index (χ0n) is 8.78. The van der Waals surface area contributed by atoms with Gasteiger partial charge in [-0.3, -0.25) is 4.79 Å². The van der Waals surface area contributed by atoms with Crippen molar-refractivity contribution >= 4 is 5.97 Å². The van der Waals surface area contributed by atoms with Gasteiger partial charge in [0.15, 0.2) is 0 Å². The lowest BCUT2D eigenvalue weighted by atomic mass is 9.99. The molecule has 0 aromatic carbocycles. The Morgan fingerprint density at radius 1 is 1.71 bits per heavy atom. The summed E-state index contributed by atoms with van der Waals surface area (Å²) in [7, 11) is 1.35. The standard InChI is InChI=1S/C8H16N4O2/c1-4-8(2,7(13)14-3)10-5-6-11-12-9/h10H,4-6H2,1-3H3. The first-order chi connectivity index (χ1) is 6.60. The van der Waals surface area contributed by atoms with E-state index >= 15 is 0 Å². The fraction of sp³-hybridized carbons (Fsp3) is 0.875. The first-order valence-electron chi connectivity index (χ1n) is 4.45. The molecule has 0 fully saturated rings. The van der Waals surface area contributed by atoms with Crippen molar-refractivity contribution in [3.63, 3.8) is 0 Å². The zero-order chi connectivity index (χ0) is 11.0. The number of azide groups is 1. The molecule has 0 aliphatic heterocycles. The summed E-state index contributed by atoms with van der Waals surface area (Å²) in [5.74, 6) is -0.305. The molecule has 0 radical (unpaired) electrons. The molecule has 0 rings (SSSR count). The second-order valence-electron chi connectivity index (χ2n) is 3.06. The number of esters is 1. The molecule has 1 unspecified atom stereocenters. The number of carbonyl (C=O) groups is 1. The summed E-state index contributed by atoms with van der Waals surface area (Å²) in [4.78, 5) is 14.0. The summed E-state index contributed by atoms with van der Waals surface area (Å²) >= 11 is 0. The van der Waals surface area contributed by atoms with Crippen LogP contribution in [-0.2, 0) is 9.53 Å². The van der Waals surface area contributed by atoms with E-state index in [1.165, 1.54) is 7.11 Å². The number of hydrogen-bond donors (Lipinski definition) is 1. The Hall–Kier alpha value is -1.26. The summed E-state index contributed by atoms with van der Waals surface area (Å²) in [6, 6.07) is 0. The van der Waals surface area contributed by atoms with Crippen LogP contribution in [-0.4, -0.2) is 31.7 Å². The van der Waals surface area contributed by atoms with Gasteiger partial charge in [-0.05, 0) is 18.9 Å². The highest BCUT2D eigenvalue weighted by molar-refractivity contribution is 5.80. The number of hydrogen-bond acceptors (Lipinski definition) is 4. The third-order valence-electron chi connectivity index (χ3n) is 2.13. The lowest BCUT2D eigenvalue weighted by Crippen LogP contribution is -2.50. The minimum absolute atomic E-state index is 0.305. The molecule has 6 heteroatoms. The Labute approximate surface area is 83.3 Å². The molecule has 0 heterocycles. The van der Waals surface area contributed by atoms with Gasteiger partial charge in [0.1, 0.15) is 5.54 Å². The van der Waals surface area contributed by atoms with Gasteiger partial charge in [-0.25, -0.2) is 0 Å². The van der Waals surface area contributed by atoms with Crippen LogP contribution in [0, 0.1) is 0 Å². The van der Waals surface area contributed by atoms with E-state index in [1.807, 2.05) is 6.92 Å². The highest BCUT2D eigenvalue weighted by Gasteiger charge is 2.31. The number of rotatable bonds is 6. The summed E-state index contributed by atoms with van der Waals surface area (Å²) in [5.41, 5.74) is 7.35. The number of methoxy groups -OCH3 is 1. The highest BCUT2D eigenvalue weighted by Crippen LogP contribution is 2.10. The molecular formula is C8H16N4O2. The lowest BCUT2D eigenvalue weighted by Gasteiger charge is -2.26. The maximum Gasteiger partial charge on any atom is 0.325 e. The average Bonchev–Trinajstić information content (AvgIpc) is 2.22. The van der Waals surface area contributed by atoms with Crippen molar-refractivity contribution in [3.8, 4) is 0 Å². The first kappa shape index (κ1) is 12.7. The molecule has 0 aromatic heterocycles. The molecule has 6 nitrogen and oxygen atoms in total. The maximum atomic E-state index is 11.3. The van der Waals surface area contributed by atoms with E-state index in [0.717, 1.165) is 0 Å². The van der Waals surface area contributed by atoms with Crippen molar-refractivity contribution in [1.29, 1.82) is 0 Å². The van der Waals surface area contributed by atoms with E-state index in [2.05, 4.69) is 20.1 Å². The van der Waals surface area contributed by atoms with Crippen molar-refractivity contribution in [2.75, 3.05) is 20.2 Å². The van der Waals surface area contributed by atoms with Crippen LogP contribution < -0.4 is 5.32 Å². The van der Waals surface area contributed by atoms with Gasteiger partial charge >= 0.3 is 5.97 Å². The van der Waals surface area contributed by atoms with Gasteiger partial charge in [-0.15, -0.1) is 0 Å². The van der Waals surface area contributed by atoms with Gasteiger partial charge in [0.05, 0.1) is 7.11 Å². The van der Waals surface area contributed by atoms with Gasteiger partial charge in [0.2, 0.25) is 0 Å². The predicted octanol–water partition coefficient (Wildman–Crippen LogP) is 1.23. The topological polar surface area (TPSA) is 87.1 Å². The molecule has 0 aliphatic carbocycles. The van der Waals surface area contributed by atoms with E-state index in [-0.39, 0.29) is 5.97 Å². The molecule has 0 bridgehead atoms. The van der Waals surface area contributed by atoms with E-state index in [0.29, 0.717) is 19.5 Å². The number of nitrogens with zero attached hydrogens (tertiary/aromatic N) is 3. The Morgan fingerprint density at radius 3 is 2.79 bits per heavy atom. The number of nitrogens with one attached hydrogen (secondary N) is 1. The van der Waals surface area contributed by atoms with Crippen LogP contribution >= 0.6 is 0 Å². The molecule has 0 aromatic rings. The van der Waals surface area contributed by atoms with Crippen LogP contribution in [0.5, 0.6) is 0 Å². The van der Waals surface area contributed by atoms with Crippen molar-refractivity contribution in [2.45, 2.75) is 25.8 Å². The van der Waals surface area contributed by atoms with E-state index < -0.39 is 5.54 Å². The molecule has 0 saturated carbocycles. The molecule has 80 valence electrons. The van der Waals surface area contributed by atoms with Crippen LogP contribution in [0.1, 0.15) is 20.3 Å². The van der Waals surface area contributed by atoms with Crippen LogP contribution in [0.25, 0.3) is 10.4 Å². The molecule has 14 heavy (non-hydrogen) atoms. The van der Waals surface area contributed by atoms with E-state index in [4.69, 9.17) is 5.53 Å². The van der Waals surface area contributed by atoms with Crippen LogP contribution in [0.2, 0.25) is 0 Å². The van der Waals surface area contributed by atoms with Crippen molar-refractivity contribution in [3.05, 3.63) is 10.4 Å². The van der Waals surface area contributed by atoms with Gasteiger partial charge < -0.3 is 10.1 Å². The summed E-state index contributed by atoms with van der Waals surface area (Å²) in [5, 5.41) is 6.35. The second-order valence-corrected chi connectivity index (χ2v) is 3.06. The Balaban J connectivity index is 4.11. The predicted molar refractivity (Wildman–Crippen MR) is 52.7 cm³/mol. The fourth-order valence-corrected chi connectivity index (χ4v) is 0.993. The van der Waals surface area contributed by atoms with E-state index in [1.54, 1.807) is 6.92 Å². The summed E-state index contributed by atoms with van der Waals surface area (Å²) in [6.07, 6.45) is 0.621. The molecular weight excluding hydrogens is 184 g/mol. The Morgan fingerprint density at radius 2 is 2.36 bits per heavy atom. The van der Waals surface area contributed by atoms with Gasteiger partial charge in [0, 0.05) is 18.0 Å². The normalized spacial score (nSPS) is 13.9. The maximum absolute atomic E-state index is 11.3. The largest absolute Gasteiger partial charge is 0.468 e. The van der Waals surface area contributed by atoms with Crippen molar-refractivity contribution in [1.82, 2.24) is 5.32 Å². The SMILES string of the molecule is CCC(C)(NCCN=[N+]=[N-])C(=O)OC. The second kappa shape index (κ2) is 6.23. The number of ether oxygens (including phenoxy) is 1. The molecule has 1 N–H and O–H groups in total.